The standard InChI is InChI=1S/C20H20F2N2O/c1-3-4-11-24-18-8-6-5-7-15(18)13(2)19(24)20(25)23-17-12-14(21)9-10-16(17)22/h5-10,12H,3-4,11H2,1-2H3,(H,23,25). The molecule has 0 spiro atoms. The molecule has 0 saturated heterocycles. The van der Waals surface area contributed by atoms with Crippen LogP contribution in [-0.2, 0) is 6.54 Å². The molecule has 0 unspecified atom stereocenters. The van der Waals surface area contributed by atoms with E-state index in [0.717, 1.165) is 47.5 Å². The van der Waals surface area contributed by atoms with E-state index in [1.807, 2.05) is 35.8 Å². The molecule has 2 aromatic carbocycles. The van der Waals surface area contributed by atoms with Gasteiger partial charge in [0.05, 0.1) is 5.69 Å². The van der Waals surface area contributed by atoms with Gasteiger partial charge in [-0.2, -0.15) is 0 Å². The minimum atomic E-state index is -0.663. The van der Waals surface area contributed by atoms with Crippen LogP contribution in [0.3, 0.4) is 0 Å². The van der Waals surface area contributed by atoms with Crippen LogP contribution in [0.15, 0.2) is 42.5 Å². The molecule has 3 rings (SSSR count). The van der Waals surface area contributed by atoms with Crippen molar-refractivity contribution in [3.63, 3.8) is 0 Å². The van der Waals surface area contributed by atoms with Gasteiger partial charge in [-0.15, -0.1) is 0 Å². The Morgan fingerprint density at radius 1 is 1.16 bits per heavy atom. The third kappa shape index (κ3) is 3.27. The van der Waals surface area contributed by atoms with Gasteiger partial charge in [0.15, 0.2) is 0 Å². The number of aryl methyl sites for hydroxylation is 2. The number of benzene rings is 2. The number of fused-ring (bicyclic) bond motifs is 1. The largest absolute Gasteiger partial charge is 0.336 e. The van der Waals surface area contributed by atoms with Gasteiger partial charge in [-0.1, -0.05) is 31.5 Å². The second kappa shape index (κ2) is 7.05. The quantitative estimate of drug-likeness (QED) is 0.672. The first kappa shape index (κ1) is 17.1. The summed E-state index contributed by atoms with van der Waals surface area (Å²) in [5.74, 6) is -1.70. The molecule has 25 heavy (non-hydrogen) atoms. The molecule has 0 bridgehead atoms. The zero-order valence-corrected chi connectivity index (χ0v) is 14.3. The number of nitrogens with zero attached hydrogens (tertiary/aromatic N) is 1. The number of carbonyl (C=O) groups is 1. The molecular formula is C20H20F2N2O. The summed E-state index contributed by atoms with van der Waals surface area (Å²) in [6.45, 7) is 4.65. The van der Waals surface area contributed by atoms with E-state index in [1.54, 1.807) is 0 Å². The number of rotatable bonds is 5. The first-order chi connectivity index (χ1) is 12.0. The lowest BCUT2D eigenvalue weighted by atomic mass is 10.1. The van der Waals surface area contributed by atoms with E-state index in [0.29, 0.717) is 12.2 Å². The fourth-order valence-electron chi connectivity index (χ4n) is 3.09. The zero-order valence-electron chi connectivity index (χ0n) is 14.3. The number of nitrogens with one attached hydrogen (secondary N) is 1. The van der Waals surface area contributed by atoms with Gasteiger partial charge in [0.2, 0.25) is 0 Å². The first-order valence-electron chi connectivity index (χ1n) is 8.37. The van der Waals surface area contributed by atoms with E-state index in [9.17, 15) is 13.6 Å². The van der Waals surface area contributed by atoms with E-state index >= 15 is 0 Å². The highest BCUT2D eigenvalue weighted by Crippen LogP contribution is 2.27. The molecule has 0 aliphatic rings. The Labute approximate surface area is 145 Å². The topological polar surface area (TPSA) is 34.0 Å². The Balaban J connectivity index is 2.05. The molecule has 0 fully saturated rings. The van der Waals surface area contributed by atoms with Crippen molar-refractivity contribution in [2.45, 2.75) is 33.2 Å². The van der Waals surface area contributed by atoms with Gasteiger partial charge in [-0.25, -0.2) is 8.78 Å². The molecule has 1 aromatic heterocycles. The first-order valence-corrected chi connectivity index (χ1v) is 8.37. The zero-order chi connectivity index (χ0) is 18.0. The highest BCUT2D eigenvalue weighted by Gasteiger charge is 2.21. The number of amides is 1. The molecule has 0 aliphatic heterocycles. The van der Waals surface area contributed by atoms with Crippen LogP contribution in [0.25, 0.3) is 10.9 Å². The van der Waals surface area contributed by atoms with Crippen LogP contribution in [0, 0.1) is 18.6 Å². The number of carbonyl (C=O) groups excluding carboxylic acids is 1. The van der Waals surface area contributed by atoms with Crippen molar-refractivity contribution in [3.8, 4) is 0 Å². The van der Waals surface area contributed by atoms with E-state index < -0.39 is 17.5 Å². The van der Waals surface area contributed by atoms with Crippen molar-refractivity contribution in [2.24, 2.45) is 0 Å². The van der Waals surface area contributed by atoms with Crippen molar-refractivity contribution in [3.05, 3.63) is 65.4 Å². The molecule has 0 radical (unpaired) electrons. The summed E-state index contributed by atoms with van der Waals surface area (Å²) in [5.41, 5.74) is 2.13. The summed E-state index contributed by atoms with van der Waals surface area (Å²) in [5, 5.41) is 3.50. The molecule has 130 valence electrons. The van der Waals surface area contributed by atoms with Gasteiger partial charge >= 0.3 is 0 Å². The summed E-state index contributed by atoms with van der Waals surface area (Å²) < 4.78 is 29.2. The van der Waals surface area contributed by atoms with E-state index in [-0.39, 0.29) is 5.69 Å². The van der Waals surface area contributed by atoms with Gasteiger partial charge in [-0.05, 0) is 37.1 Å². The SMILES string of the molecule is CCCCn1c(C(=O)Nc2cc(F)ccc2F)c(C)c2ccccc21. The van der Waals surface area contributed by atoms with E-state index in [4.69, 9.17) is 0 Å². The second-order valence-corrected chi connectivity index (χ2v) is 6.07. The fourth-order valence-corrected chi connectivity index (χ4v) is 3.09. The maximum absolute atomic E-state index is 13.9. The Kier molecular flexibility index (Phi) is 4.83. The Hall–Kier alpha value is -2.69. The summed E-state index contributed by atoms with van der Waals surface area (Å²) in [6.07, 6.45) is 1.91. The molecule has 1 amide bonds. The number of anilines is 1. The smallest absolute Gasteiger partial charge is 0.272 e. The average Bonchev–Trinajstić information content (AvgIpc) is 2.89. The van der Waals surface area contributed by atoms with Crippen LogP contribution in [0.2, 0.25) is 0 Å². The minimum Gasteiger partial charge on any atom is -0.336 e. The van der Waals surface area contributed by atoms with E-state index in [2.05, 4.69) is 12.2 Å². The fraction of sp³-hybridized carbons (Fsp3) is 0.250. The van der Waals surface area contributed by atoms with Crippen LogP contribution in [0.5, 0.6) is 0 Å². The molecule has 0 atom stereocenters. The molecule has 3 nitrogen and oxygen atoms in total. The summed E-state index contributed by atoms with van der Waals surface area (Å²) in [7, 11) is 0. The Morgan fingerprint density at radius 3 is 2.68 bits per heavy atom. The maximum atomic E-state index is 13.9. The maximum Gasteiger partial charge on any atom is 0.272 e. The number of hydrogen-bond donors (Lipinski definition) is 1. The number of para-hydroxylation sites is 1. The van der Waals surface area contributed by atoms with Crippen LogP contribution >= 0.6 is 0 Å². The average molecular weight is 342 g/mol. The normalized spacial score (nSPS) is 11.0. The van der Waals surface area contributed by atoms with Gasteiger partial charge in [-0.3, -0.25) is 4.79 Å². The van der Waals surface area contributed by atoms with Crippen LogP contribution < -0.4 is 5.32 Å². The number of aromatic nitrogens is 1. The Bertz CT molecular complexity index is 931. The molecule has 0 aliphatic carbocycles. The minimum absolute atomic E-state index is 0.156. The number of hydrogen-bond acceptors (Lipinski definition) is 1. The van der Waals surface area contributed by atoms with E-state index in [1.165, 1.54) is 0 Å². The van der Waals surface area contributed by atoms with Crippen molar-refractivity contribution >= 4 is 22.5 Å². The van der Waals surface area contributed by atoms with Crippen molar-refractivity contribution in [1.82, 2.24) is 4.57 Å². The van der Waals surface area contributed by atoms with Gasteiger partial charge < -0.3 is 9.88 Å². The second-order valence-electron chi connectivity index (χ2n) is 6.07. The molecular weight excluding hydrogens is 322 g/mol. The lowest BCUT2D eigenvalue weighted by molar-refractivity contribution is 0.101. The third-order valence-electron chi connectivity index (χ3n) is 4.35. The van der Waals surface area contributed by atoms with Crippen molar-refractivity contribution in [2.75, 3.05) is 5.32 Å². The summed E-state index contributed by atoms with van der Waals surface area (Å²) >= 11 is 0. The number of unbranched alkanes of at least 4 members (excludes halogenated alkanes) is 1. The summed E-state index contributed by atoms with van der Waals surface area (Å²) in [4.78, 5) is 12.8. The highest BCUT2D eigenvalue weighted by molar-refractivity contribution is 6.08. The Morgan fingerprint density at radius 2 is 1.92 bits per heavy atom. The van der Waals surface area contributed by atoms with Gasteiger partial charge in [0.25, 0.3) is 5.91 Å². The molecule has 1 heterocycles. The predicted octanol–water partition coefficient (Wildman–Crippen LogP) is 5.28. The predicted molar refractivity (Wildman–Crippen MR) is 95.9 cm³/mol. The van der Waals surface area contributed by atoms with Crippen LogP contribution in [0.4, 0.5) is 14.5 Å². The summed E-state index contributed by atoms with van der Waals surface area (Å²) in [6, 6.07) is 10.8. The molecule has 0 saturated carbocycles. The molecule has 5 heteroatoms. The lowest BCUT2D eigenvalue weighted by Crippen LogP contribution is -2.19. The van der Waals surface area contributed by atoms with Gasteiger partial charge in [0.1, 0.15) is 17.3 Å². The van der Waals surface area contributed by atoms with Crippen molar-refractivity contribution in [1.29, 1.82) is 0 Å². The van der Waals surface area contributed by atoms with Gasteiger partial charge in [0, 0.05) is 23.5 Å². The van der Waals surface area contributed by atoms with Crippen LogP contribution in [0.1, 0.15) is 35.8 Å². The van der Waals surface area contributed by atoms with Crippen LogP contribution in [-0.4, -0.2) is 10.5 Å². The molecule has 3 aromatic rings. The molecule has 1 N–H and O–H groups in total. The monoisotopic (exact) mass is 342 g/mol. The third-order valence-corrected chi connectivity index (χ3v) is 4.35. The highest BCUT2D eigenvalue weighted by atomic mass is 19.1. The lowest BCUT2D eigenvalue weighted by Gasteiger charge is -2.12. The number of halogens is 2. The van der Waals surface area contributed by atoms with Crippen molar-refractivity contribution < 1.29 is 13.6 Å².